The number of pyridine rings is 1. The average Bonchev–Trinajstić information content (AvgIpc) is 1.11. The van der Waals surface area contributed by atoms with E-state index in [2.05, 4.69) is 142 Å². The minimum absolute atomic E-state index is 0.0943. The zero-order chi connectivity index (χ0) is 61.4. The molecule has 80 heavy (non-hydrogen) atoms. The SMILES string of the molecule is [2H]c1c([2H])c([2H])c(-c2cccc(-c3c([2H])c([2H])c([2H])c([2H])c3[2H])c2-[n+]2[c-]n(-c3cccc(Oc4cccc(-n5c6cc7c8c(c6c6cccnc65)N(c5ccccc5)c5ccccc5B8c5ccccc5N7c5ccccc5)c4)c3)c3ccccc32)c([2H])c1[2H]. The molecule has 0 bridgehead atoms. The Morgan fingerprint density at radius 1 is 0.475 bits per heavy atom. The van der Waals surface area contributed by atoms with Gasteiger partial charge in [0.25, 0.3) is 13.0 Å². The van der Waals surface area contributed by atoms with Gasteiger partial charge >= 0.3 is 0 Å². The van der Waals surface area contributed by atoms with Gasteiger partial charge in [-0.3, -0.25) is 13.7 Å². The monoisotopic (exact) mass is 1030 g/mol. The number of imidazole rings is 1. The van der Waals surface area contributed by atoms with Gasteiger partial charge in [-0.05, 0) is 124 Å². The number of rotatable bonds is 9. The van der Waals surface area contributed by atoms with Crippen molar-refractivity contribution in [1.82, 2.24) is 14.1 Å². The fourth-order valence-electron chi connectivity index (χ4n) is 12.1. The Bertz CT molecular complexity index is 5200. The maximum atomic E-state index is 9.13. The standard InChI is InChI=1S/C72H47BN6O/c1-5-23-49(24-6-1)57-35-21-36-58(50-25-7-2-8-26-50)70(57)76-48-75(64-42-17-18-43-65(64)76)53-31-19-33-55(45-53)80-56-34-20-32-54(46-56)79-66-47-67-69-71(68(66)59-37-22-44-74-72(59)79)78(52-29-11-4-12-30-52)63-41-16-14-39-61(63)73(69)60-38-13-15-40-62(60)77(67)51-27-9-3-10-28-51/h1-47H/i1D,2D,5D,6D,7D,8D,23D,24D,25D,26D. The van der Waals surface area contributed by atoms with E-state index in [9.17, 15) is 0 Å². The molecular formula is C72H47BN6O. The van der Waals surface area contributed by atoms with Crippen LogP contribution < -0.4 is 35.5 Å². The number of ether oxygens (including phenoxy) is 1. The van der Waals surface area contributed by atoms with E-state index in [1.54, 1.807) is 27.3 Å². The summed E-state index contributed by atoms with van der Waals surface area (Å²) in [5.41, 5.74) is 14.5. The lowest BCUT2D eigenvalue weighted by atomic mass is 9.33. The third kappa shape index (κ3) is 7.16. The highest BCUT2D eigenvalue weighted by molar-refractivity contribution is 7.00. The van der Waals surface area contributed by atoms with Crippen LogP contribution in [0.4, 0.5) is 34.1 Å². The first-order valence-corrected chi connectivity index (χ1v) is 26.3. The first-order chi connectivity index (χ1) is 43.9. The normalized spacial score (nSPS) is 14.2. The van der Waals surface area contributed by atoms with Crippen molar-refractivity contribution in [3.05, 3.63) is 291 Å². The molecule has 0 spiro atoms. The Kier molecular flexibility index (Phi) is 8.41. The first kappa shape index (κ1) is 36.4. The van der Waals surface area contributed by atoms with E-state index in [0.717, 1.165) is 61.7 Å². The lowest BCUT2D eigenvalue weighted by molar-refractivity contribution is -0.571. The predicted molar refractivity (Wildman–Crippen MR) is 327 cm³/mol. The van der Waals surface area contributed by atoms with Gasteiger partial charge in [0.2, 0.25) is 0 Å². The number of hydrogen-bond donors (Lipinski definition) is 0. The van der Waals surface area contributed by atoms with Gasteiger partial charge in [0.15, 0.2) is 0 Å². The Hall–Kier alpha value is -10.7. The van der Waals surface area contributed by atoms with Crippen LogP contribution >= 0.6 is 0 Å². The van der Waals surface area contributed by atoms with Crippen molar-refractivity contribution in [2.45, 2.75) is 0 Å². The van der Waals surface area contributed by atoms with Crippen molar-refractivity contribution in [1.29, 1.82) is 0 Å². The summed E-state index contributed by atoms with van der Waals surface area (Å²) in [6.45, 7) is -0.0943. The zero-order valence-electron chi connectivity index (χ0n) is 52.5. The molecule has 0 radical (unpaired) electrons. The molecule has 0 fully saturated rings. The van der Waals surface area contributed by atoms with Crippen molar-refractivity contribution in [2.75, 3.05) is 9.80 Å². The molecule has 3 aromatic heterocycles. The van der Waals surface area contributed by atoms with Gasteiger partial charge in [-0.15, -0.1) is 0 Å². The van der Waals surface area contributed by atoms with Crippen molar-refractivity contribution < 1.29 is 23.0 Å². The van der Waals surface area contributed by atoms with Gasteiger partial charge in [-0.25, -0.2) is 4.98 Å². The van der Waals surface area contributed by atoms with Gasteiger partial charge in [-0.2, -0.15) is 0 Å². The molecular weight excluding hydrogens is 976 g/mol. The number of nitrogens with zero attached hydrogens (tertiary/aromatic N) is 6. The largest absolute Gasteiger partial charge is 0.458 e. The molecule has 2 aliphatic heterocycles. The van der Waals surface area contributed by atoms with E-state index in [-0.39, 0.29) is 34.7 Å². The molecule has 2 aliphatic rings. The first-order valence-electron chi connectivity index (χ1n) is 31.3. The molecule has 7 nitrogen and oxygen atoms in total. The number of para-hydroxylation sites is 7. The third-order valence-corrected chi connectivity index (χ3v) is 15.3. The highest BCUT2D eigenvalue weighted by atomic mass is 16.5. The van der Waals surface area contributed by atoms with Gasteiger partial charge in [0.05, 0.1) is 53.0 Å². The second kappa shape index (κ2) is 18.5. The lowest BCUT2D eigenvalue weighted by Gasteiger charge is -2.44. The van der Waals surface area contributed by atoms with E-state index in [4.69, 9.17) is 23.4 Å². The van der Waals surface area contributed by atoms with E-state index >= 15 is 0 Å². The second-order valence-electron chi connectivity index (χ2n) is 19.7. The number of benzene rings is 11. The number of hydrogen-bond acceptors (Lipinski definition) is 4. The van der Waals surface area contributed by atoms with Crippen molar-refractivity contribution >= 4 is 90.2 Å². The van der Waals surface area contributed by atoms with Crippen LogP contribution in [0.25, 0.3) is 72.3 Å². The molecule has 8 heteroatoms. The maximum Gasteiger partial charge on any atom is 0.269 e. The topological polar surface area (TPSA) is 42.3 Å². The van der Waals surface area contributed by atoms with E-state index in [1.165, 1.54) is 16.4 Å². The van der Waals surface area contributed by atoms with Gasteiger partial charge in [0.1, 0.15) is 17.1 Å². The minimum atomic E-state index is -0.573. The molecule has 0 aliphatic carbocycles. The molecule has 16 rings (SSSR count). The number of fused-ring (bicyclic) bond motifs is 9. The third-order valence-electron chi connectivity index (χ3n) is 15.3. The summed E-state index contributed by atoms with van der Waals surface area (Å²) in [5.74, 6) is 1.03. The smallest absolute Gasteiger partial charge is 0.269 e. The summed E-state index contributed by atoms with van der Waals surface area (Å²) in [7, 11) is 0. The zero-order valence-corrected chi connectivity index (χ0v) is 42.5. The quantitative estimate of drug-likeness (QED) is 0.0821. The van der Waals surface area contributed by atoms with Crippen LogP contribution in [0.1, 0.15) is 13.7 Å². The van der Waals surface area contributed by atoms with Crippen molar-refractivity contribution in [3.63, 3.8) is 0 Å². The molecule has 0 atom stereocenters. The van der Waals surface area contributed by atoms with E-state index < -0.39 is 60.4 Å². The Morgan fingerprint density at radius 2 is 1.04 bits per heavy atom. The highest BCUT2D eigenvalue weighted by Gasteiger charge is 2.45. The molecule has 0 saturated carbocycles. The lowest BCUT2D eigenvalue weighted by Crippen LogP contribution is -2.61. The molecule has 0 saturated heterocycles. The number of anilines is 6. The summed E-state index contributed by atoms with van der Waals surface area (Å²) in [5, 5.41) is 2.03. The van der Waals surface area contributed by atoms with Gasteiger partial charge in [-0.1, -0.05) is 188 Å². The molecule has 0 N–H and O–H groups in total. The predicted octanol–water partition coefficient (Wildman–Crippen LogP) is 15.4. The van der Waals surface area contributed by atoms with Crippen LogP contribution in [-0.2, 0) is 0 Å². The summed E-state index contributed by atoms with van der Waals surface area (Å²) >= 11 is 0. The highest BCUT2D eigenvalue weighted by Crippen LogP contribution is 2.50. The Balaban J connectivity index is 0.863. The van der Waals surface area contributed by atoms with Crippen molar-refractivity contribution in [3.8, 4) is 50.8 Å². The second-order valence-corrected chi connectivity index (χ2v) is 19.7. The summed E-state index contributed by atoms with van der Waals surface area (Å²) < 4.78 is 101. The van der Waals surface area contributed by atoms with E-state index in [1.807, 2.05) is 85.1 Å². The summed E-state index contributed by atoms with van der Waals surface area (Å²) in [4.78, 5) is 10.0. The molecule has 0 unspecified atom stereocenters. The van der Waals surface area contributed by atoms with Crippen LogP contribution in [0, 0.1) is 6.33 Å². The van der Waals surface area contributed by atoms with Gasteiger partial charge < -0.3 is 14.5 Å². The molecule has 11 aromatic carbocycles. The Morgan fingerprint density at radius 3 is 1.73 bits per heavy atom. The van der Waals surface area contributed by atoms with Crippen LogP contribution in [0.3, 0.4) is 0 Å². The maximum absolute atomic E-state index is 9.13. The van der Waals surface area contributed by atoms with Crippen molar-refractivity contribution in [2.24, 2.45) is 0 Å². The molecule has 5 heterocycles. The van der Waals surface area contributed by atoms with E-state index in [0.29, 0.717) is 28.2 Å². The Labute approximate surface area is 477 Å². The fourth-order valence-corrected chi connectivity index (χ4v) is 12.1. The van der Waals surface area contributed by atoms with Crippen LogP contribution in [0.5, 0.6) is 11.5 Å². The summed E-state index contributed by atoms with van der Waals surface area (Å²) in [6, 6.07) is 67.5. The van der Waals surface area contributed by atoms with Crippen LogP contribution in [0.2, 0.25) is 0 Å². The molecule has 14 aromatic rings. The van der Waals surface area contributed by atoms with Gasteiger partial charge in [0, 0.05) is 51.5 Å². The van der Waals surface area contributed by atoms with Crippen LogP contribution in [-0.4, -0.2) is 20.8 Å². The molecule has 0 amide bonds. The molecule has 374 valence electrons. The average molecular weight is 1030 g/mol. The minimum Gasteiger partial charge on any atom is -0.458 e. The fraction of sp³-hybridized carbons (Fsp3) is 0. The summed E-state index contributed by atoms with van der Waals surface area (Å²) in [6.07, 6.45) is 5.32. The van der Waals surface area contributed by atoms with Crippen LogP contribution in [0.15, 0.2) is 285 Å². The number of aromatic nitrogens is 4.